The average molecular weight is 206 g/mol. The molecule has 1 aliphatic carbocycles. The Hall–Kier alpha value is -0.860. The van der Waals surface area contributed by atoms with Gasteiger partial charge in [-0.05, 0) is 17.5 Å². The molecule has 0 bridgehead atoms. The molecule has 1 aromatic rings. The molecule has 0 aromatic heterocycles. The van der Waals surface area contributed by atoms with Crippen LogP contribution in [0.1, 0.15) is 30.9 Å². The van der Waals surface area contributed by atoms with Crippen LogP contribution in [0.25, 0.3) is 0 Å². The maximum atomic E-state index is 10.3. The maximum absolute atomic E-state index is 10.3. The van der Waals surface area contributed by atoms with Crippen LogP contribution in [0.15, 0.2) is 24.3 Å². The molecular weight excluding hydrogens is 188 g/mol. The summed E-state index contributed by atoms with van der Waals surface area (Å²) in [6.45, 7) is 2.13. The van der Waals surface area contributed by atoms with Crippen molar-refractivity contribution in [2.24, 2.45) is 0 Å². The Morgan fingerprint density at radius 1 is 1.47 bits per heavy atom. The quantitative estimate of drug-likeness (QED) is 0.822. The summed E-state index contributed by atoms with van der Waals surface area (Å²) in [5.41, 5.74) is 1.67. The van der Waals surface area contributed by atoms with E-state index >= 15 is 0 Å². The summed E-state index contributed by atoms with van der Waals surface area (Å²) in [6.07, 6.45) is 2.67. The fourth-order valence-corrected chi connectivity index (χ4v) is 2.18. The molecular formula is C13H18O2. The summed E-state index contributed by atoms with van der Waals surface area (Å²) in [7, 11) is 1.70. The molecule has 0 unspecified atom stereocenters. The van der Waals surface area contributed by atoms with Crippen molar-refractivity contribution in [2.45, 2.75) is 37.9 Å². The Bertz CT molecular complexity index is 340. The van der Waals surface area contributed by atoms with Gasteiger partial charge in [0.2, 0.25) is 0 Å². The van der Waals surface area contributed by atoms with Crippen molar-refractivity contribution in [2.75, 3.05) is 7.11 Å². The number of hydrogen-bond donors (Lipinski definition) is 1. The molecule has 1 saturated carbocycles. The van der Waals surface area contributed by atoms with Crippen molar-refractivity contribution in [3.05, 3.63) is 35.4 Å². The van der Waals surface area contributed by atoms with Crippen LogP contribution in [0.5, 0.6) is 0 Å². The molecule has 1 fully saturated rings. The van der Waals surface area contributed by atoms with Crippen LogP contribution in [-0.4, -0.2) is 18.3 Å². The molecule has 0 heterocycles. The summed E-state index contributed by atoms with van der Waals surface area (Å²) < 4.78 is 5.20. The molecule has 0 saturated heterocycles. The lowest BCUT2D eigenvalue weighted by Crippen LogP contribution is -2.45. The normalized spacial score (nSPS) is 29.9. The van der Waals surface area contributed by atoms with Gasteiger partial charge in [-0.1, -0.05) is 31.2 Å². The highest BCUT2D eigenvalue weighted by Crippen LogP contribution is 2.42. The number of aryl methyl sites for hydroxylation is 1. The highest BCUT2D eigenvalue weighted by atomic mass is 16.5. The molecule has 2 rings (SSSR count). The predicted octanol–water partition coefficient (Wildman–Crippen LogP) is 2.25. The molecule has 1 aromatic carbocycles. The van der Waals surface area contributed by atoms with E-state index in [0.29, 0.717) is 0 Å². The Morgan fingerprint density at radius 2 is 2.20 bits per heavy atom. The average Bonchev–Trinajstić information content (AvgIpc) is 2.24. The first-order valence-corrected chi connectivity index (χ1v) is 5.52. The highest BCUT2D eigenvalue weighted by molar-refractivity contribution is 5.30. The first-order chi connectivity index (χ1) is 7.18. The van der Waals surface area contributed by atoms with Crippen molar-refractivity contribution in [3.63, 3.8) is 0 Å². The summed E-state index contributed by atoms with van der Waals surface area (Å²) in [5, 5.41) is 10.3. The summed E-state index contributed by atoms with van der Waals surface area (Å²) >= 11 is 0. The SMILES string of the molecule is CCc1cccc(C2(O)CC(OC)C2)c1. The van der Waals surface area contributed by atoms with Gasteiger partial charge in [-0.2, -0.15) is 0 Å². The number of aliphatic hydroxyl groups is 1. The summed E-state index contributed by atoms with van der Waals surface area (Å²) in [6, 6.07) is 8.22. The van der Waals surface area contributed by atoms with Gasteiger partial charge in [0.25, 0.3) is 0 Å². The maximum Gasteiger partial charge on any atom is 0.0946 e. The number of methoxy groups -OCH3 is 1. The standard InChI is InChI=1S/C13H18O2/c1-3-10-5-4-6-11(7-10)13(14)8-12(9-13)15-2/h4-7,12,14H,3,8-9H2,1-2H3. The molecule has 0 spiro atoms. The highest BCUT2D eigenvalue weighted by Gasteiger charge is 2.44. The second-order valence-electron chi connectivity index (χ2n) is 4.35. The van der Waals surface area contributed by atoms with E-state index in [0.717, 1.165) is 24.8 Å². The Kier molecular flexibility index (Phi) is 2.81. The van der Waals surface area contributed by atoms with Crippen LogP contribution < -0.4 is 0 Å². The van der Waals surface area contributed by atoms with Crippen LogP contribution in [0.4, 0.5) is 0 Å². The third-order valence-corrected chi connectivity index (χ3v) is 3.34. The monoisotopic (exact) mass is 206 g/mol. The molecule has 0 amide bonds. The molecule has 0 atom stereocenters. The number of ether oxygens (including phenoxy) is 1. The van der Waals surface area contributed by atoms with Crippen LogP contribution >= 0.6 is 0 Å². The lowest BCUT2D eigenvalue weighted by molar-refractivity contribution is -0.133. The molecule has 15 heavy (non-hydrogen) atoms. The first-order valence-electron chi connectivity index (χ1n) is 5.52. The van der Waals surface area contributed by atoms with Crippen LogP contribution in [-0.2, 0) is 16.8 Å². The minimum absolute atomic E-state index is 0.222. The van der Waals surface area contributed by atoms with Crippen LogP contribution in [0.2, 0.25) is 0 Å². The second-order valence-corrected chi connectivity index (χ2v) is 4.35. The fourth-order valence-electron chi connectivity index (χ4n) is 2.18. The van der Waals surface area contributed by atoms with E-state index in [-0.39, 0.29) is 6.10 Å². The van der Waals surface area contributed by atoms with Gasteiger partial charge < -0.3 is 9.84 Å². The molecule has 2 nitrogen and oxygen atoms in total. The Balaban J connectivity index is 2.16. The fraction of sp³-hybridized carbons (Fsp3) is 0.538. The van der Waals surface area contributed by atoms with Crippen molar-refractivity contribution in [1.82, 2.24) is 0 Å². The van der Waals surface area contributed by atoms with Gasteiger partial charge in [-0.25, -0.2) is 0 Å². The van der Waals surface area contributed by atoms with Gasteiger partial charge in [0.1, 0.15) is 0 Å². The summed E-state index contributed by atoms with van der Waals surface area (Å²) in [5.74, 6) is 0. The molecule has 2 heteroatoms. The van der Waals surface area contributed by atoms with E-state index in [9.17, 15) is 5.11 Å². The molecule has 0 aliphatic heterocycles. The molecule has 0 radical (unpaired) electrons. The van der Waals surface area contributed by atoms with Crippen molar-refractivity contribution in [1.29, 1.82) is 0 Å². The zero-order valence-corrected chi connectivity index (χ0v) is 9.36. The van der Waals surface area contributed by atoms with Gasteiger partial charge >= 0.3 is 0 Å². The zero-order valence-electron chi connectivity index (χ0n) is 9.36. The number of hydrogen-bond acceptors (Lipinski definition) is 2. The minimum atomic E-state index is -0.647. The van der Waals surface area contributed by atoms with Gasteiger partial charge in [-0.3, -0.25) is 0 Å². The largest absolute Gasteiger partial charge is 0.385 e. The van der Waals surface area contributed by atoms with Gasteiger partial charge in [-0.15, -0.1) is 0 Å². The number of rotatable bonds is 3. The first kappa shape index (κ1) is 10.7. The van der Waals surface area contributed by atoms with Crippen molar-refractivity contribution < 1.29 is 9.84 Å². The van der Waals surface area contributed by atoms with Gasteiger partial charge in [0.15, 0.2) is 0 Å². The number of benzene rings is 1. The van der Waals surface area contributed by atoms with Crippen molar-refractivity contribution >= 4 is 0 Å². The van der Waals surface area contributed by atoms with Gasteiger partial charge in [0, 0.05) is 20.0 Å². The third-order valence-electron chi connectivity index (χ3n) is 3.34. The van der Waals surface area contributed by atoms with E-state index in [2.05, 4.69) is 19.1 Å². The van der Waals surface area contributed by atoms with Crippen molar-refractivity contribution in [3.8, 4) is 0 Å². The van der Waals surface area contributed by atoms with E-state index in [1.807, 2.05) is 12.1 Å². The van der Waals surface area contributed by atoms with E-state index in [1.165, 1.54) is 5.56 Å². The van der Waals surface area contributed by atoms with E-state index < -0.39 is 5.60 Å². The lowest BCUT2D eigenvalue weighted by atomic mass is 9.72. The Morgan fingerprint density at radius 3 is 2.80 bits per heavy atom. The lowest BCUT2D eigenvalue weighted by Gasteiger charge is -2.43. The van der Waals surface area contributed by atoms with E-state index in [1.54, 1.807) is 7.11 Å². The minimum Gasteiger partial charge on any atom is -0.385 e. The summed E-state index contributed by atoms with van der Waals surface area (Å²) in [4.78, 5) is 0. The molecule has 1 aliphatic rings. The van der Waals surface area contributed by atoms with Crippen LogP contribution in [0.3, 0.4) is 0 Å². The van der Waals surface area contributed by atoms with Gasteiger partial charge in [0.05, 0.1) is 11.7 Å². The van der Waals surface area contributed by atoms with E-state index in [4.69, 9.17) is 4.74 Å². The topological polar surface area (TPSA) is 29.5 Å². The Labute approximate surface area is 90.9 Å². The predicted molar refractivity (Wildman–Crippen MR) is 59.7 cm³/mol. The third kappa shape index (κ3) is 1.92. The van der Waals surface area contributed by atoms with Crippen LogP contribution in [0, 0.1) is 0 Å². The zero-order chi connectivity index (χ0) is 10.9. The molecule has 1 N–H and O–H groups in total. The second kappa shape index (κ2) is 3.95. The molecule has 82 valence electrons. The smallest absolute Gasteiger partial charge is 0.0946 e.